The molecule has 0 saturated carbocycles. The molecule has 1 aliphatic carbocycles. The molecule has 3 aliphatic rings. The Labute approximate surface area is 147 Å². The van der Waals surface area contributed by atoms with Gasteiger partial charge in [0.2, 0.25) is 0 Å². The van der Waals surface area contributed by atoms with Gasteiger partial charge >= 0.3 is 0 Å². The zero-order chi connectivity index (χ0) is 17.4. The minimum absolute atomic E-state index is 0.0456. The second-order valence-electron chi connectivity index (χ2n) is 7.33. The van der Waals surface area contributed by atoms with E-state index in [0.717, 1.165) is 24.2 Å². The molecule has 5 nitrogen and oxygen atoms in total. The van der Waals surface area contributed by atoms with Crippen LogP contribution in [0.5, 0.6) is 0 Å². The van der Waals surface area contributed by atoms with E-state index in [1.165, 1.54) is 0 Å². The Bertz CT molecular complexity index is 671. The maximum atomic E-state index is 12.0. The van der Waals surface area contributed by atoms with E-state index in [1.54, 1.807) is 6.08 Å². The molecule has 1 aromatic rings. The number of anilines is 1. The van der Waals surface area contributed by atoms with Gasteiger partial charge in [0.05, 0.1) is 5.60 Å². The molecule has 2 heterocycles. The highest BCUT2D eigenvalue weighted by Gasteiger charge is 2.58. The predicted molar refractivity (Wildman–Crippen MR) is 94.2 cm³/mol. The van der Waals surface area contributed by atoms with Crippen LogP contribution < -0.4 is 4.90 Å². The van der Waals surface area contributed by atoms with Crippen LogP contribution in [-0.2, 0) is 16.0 Å². The molecule has 2 N–H and O–H groups in total. The number of rotatable bonds is 5. The minimum Gasteiger partial charge on any atom is -0.396 e. The molecule has 4 rings (SSSR count). The third-order valence-corrected chi connectivity index (χ3v) is 6.00. The standard InChI is InChI=1S/C20H25NO4/c22-11-7-14-1-3-15(4-2-14)21-10-6-17-18-13-16(24)5-8-20(18,9-12-23)25-19(17)21/h1-5,8,17-19,22-23H,6-7,9-13H2/t17-,18+,19+,20-/m0/s1. The van der Waals surface area contributed by atoms with Gasteiger partial charge in [0.15, 0.2) is 5.78 Å². The average molecular weight is 343 g/mol. The van der Waals surface area contributed by atoms with E-state index in [0.29, 0.717) is 25.2 Å². The fraction of sp³-hybridized carbons (Fsp3) is 0.550. The molecule has 1 aromatic carbocycles. The van der Waals surface area contributed by atoms with Crippen LogP contribution >= 0.6 is 0 Å². The third kappa shape index (κ3) is 2.80. The second-order valence-corrected chi connectivity index (χ2v) is 7.33. The number of carbonyl (C=O) groups excluding carboxylic acids is 1. The molecule has 2 saturated heterocycles. The first-order chi connectivity index (χ1) is 12.2. The molecule has 5 heteroatoms. The monoisotopic (exact) mass is 343 g/mol. The molecule has 0 bridgehead atoms. The van der Waals surface area contributed by atoms with Crippen LogP contribution in [0, 0.1) is 11.8 Å². The predicted octanol–water partition coefficient (Wildman–Crippen LogP) is 1.67. The SMILES string of the molecule is O=C1C=C[C@@]2(CCO)O[C@@H]3[C@@H](CCN3c3ccc(CCO)cc3)[C@H]2C1. The largest absolute Gasteiger partial charge is 0.396 e. The van der Waals surface area contributed by atoms with Gasteiger partial charge < -0.3 is 19.8 Å². The molecule has 134 valence electrons. The van der Waals surface area contributed by atoms with Gasteiger partial charge in [-0.1, -0.05) is 12.1 Å². The van der Waals surface area contributed by atoms with Gasteiger partial charge in [0.25, 0.3) is 0 Å². The highest BCUT2D eigenvalue weighted by molar-refractivity contribution is 5.91. The number of ether oxygens (including phenoxy) is 1. The van der Waals surface area contributed by atoms with Crippen LogP contribution in [0.1, 0.15) is 24.8 Å². The van der Waals surface area contributed by atoms with Crippen molar-refractivity contribution in [1.82, 2.24) is 0 Å². The molecule has 25 heavy (non-hydrogen) atoms. The van der Waals surface area contributed by atoms with E-state index in [2.05, 4.69) is 17.0 Å². The first kappa shape index (κ1) is 16.8. The minimum atomic E-state index is -0.506. The normalized spacial score (nSPS) is 33.6. The summed E-state index contributed by atoms with van der Waals surface area (Å²) in [7, 11) is 0. The van der Waals surface area contributed by atoms with E-state index in [-0.39, 0.29) is 31.1 Å². The Balaban J connectivity index is 1.59. The van der Waals surface area contributed by atoms with Gasteiger partial charge in [-0.15, -0.1) is 0 Å². The van der Waals surface area contributed by atoms with Gasteiger partial charge in [-0.3, -0.25) is 4.79 Å². The first-order valence-corrected chi connectivity index (χ1v) is 9.14. The number of hydrogen-bond donors (Lipinski definition) is 2. The molecular formula is C20H25NO4. The summed E-state index contributed by atoms with van der Waals surface area (Å²) in [6.45, 7) is 1.13. The van der Waals surface area contributed by atoms with Crippen molar-refractivity contribution < 1.29 is 19.7 Å². The molecule has 0 aromatic heterocycles. The maximum absolute atomic E-state index is 12.0. The summed E-state index contributed by atoms with van der Waals surface area (Å²) < 4.78 is 6.50. The lowest BCUT2D eigenvalue weighted by molar-refractivity contribution is -0.119. The number of benzene rings is 1. The number of fused-ring (bicyclic) bond motifs is 3. The highest BCUT2D eigenvalue weighted by Crippen LogP contribution is 2.53. The lowest BCUT2D eigenvalue weighted by Crippen LogP contribution is -2.41. The number of ketones is 1. The molecule has 4 atom stereocenters. The Hall–Kier alpha value is -1.69. The number of aliphatic hydroxyl groups excluding tert-OH is 2. The van der Waals surface area contributed by atoms with Crippen molar-refractivity contribution in [1.29, 1.82) is 0 Å². The fourth-order valence-corrected chi connectivity index (χ4v) is 4.78. The zero-order valence-electron chi connectivity index (χ0n) is 14.3. The molecule has 0 unspecified atom stereocenters. The quantitative estimate of drug-likeness (QED) is 0.851. The van der Waals surface area contributed by atoms with Crippen LogP contribution in [0.4, 0.5) is 5.69 Å². The second kappa shape index (κ2) is 6.56. The summed E-state index contributed by atoms with van der Waals surface area (Å²) >= 11 is 0. The van der Waals surface area contributed by atoms with Crippen molar-refractivity contribution in [3.8, 4) is 0 Å². The lowest BCUT2D eigenvalue weighted by atomic mass is 9.72. The molecule has 0 spiro atoms. The van der Waals surface area contributed by atoms with Gasteiger partial charge in [0.1, 0.15) is 6.23 Å². The number of nitrogens with zero attached hydrogens (tertiary/aromatic N) is 1. The first-order valence-electron chi connectivity index (χ1n) is 9.14. The number of carbonyl (C=O) groups is 1. The topological polar surface area (TPSA) is 70.0 Å². The fourth-order valence-electron chi connectivity index (χ4n) is 4.78. The van der Waals surface area contributed by atoms with Crippen molar-refractivity contribution in [3.63, 3.8) is 0 Å². The van der Waals surface area contributed by atoms with Gasteiger partial charge in [-0.05, 0) is 42.7 Å². The lowest BCUT2D eigenvalue weighted by Gasteiger charge is -2.36. The van der Waals surface area contributed by atoms with Crippen molar-refractivity contribution in [2.75, 3.05) is 24.7 Å². The smallest absolute Gasteiger partial charge is 0.155 e. The summed E-state index contributed by atoms with van der Waals surface area (Å²) in [4.78, 5) is 14.2. The Kier molecular flexibility index (Phi) is 4.40. The maximum Gasteiger partial charge on any atom is 0.155 e. The number of hydrogen-bond acceptors (Lipinski definition) is 5. The molecule has 0 amide bonds. The highest BCUT2D eigenvalue weighted by atomic mass is 16.5. The van der Waals surface area contributed by atoms with Gasteiger partial charge in [-0.2, -0.15) is 0 Å². The average Bonchev–Trinajstić information content (AvgIpc) is 3.14. The Morgan fingerprint density at radius 1 is 1.20 bits per heavy atom. The van der Waals surface area contributed by atoms with Crippen LogP contribution in [0.25, 0.3) is 0 Å². The van der Waals surface area contributed by atoms with Crippen LogP contribution in [-0.4, -0.2) is 47.6 Å². The van der Waals surface area contributed by atoms with Crippen LogP contribution in [0.3, 0.4) is 0 Å². The summed E-state index contributed by atoms with van der Waals surface area (Å²) in [5.74, 6) is 0.632. The summed E-state index contributed by atoms with van der Waals surface area (Å²) in [5.41, 5.74) is 1.73. The summed E-state index contributed by atoms with van der Waals surface area (Å²) in [6.07, 6.45) is 6.19. The molecular weight excluding hydrogens is 318 g/mol. The number of aliphatic hydroxyl groups is 2. The van der Waals surface area contributed by atoms with Crippen LogP contribution in [0.15, 0.2) is 36.4 Å². The van der Waals surface area contributed by atoms with Gasteiger partial charge in [-0.25, -0.2) is 0 Å². The summed E-state index contributed by atoms with van der Waals surface area (Å²) in [5, 5.41) is 18.6. The van der Waals surface area contributed by atoms with Crippen LogP contribution in [0.2, 0.25) is 0 Å². The van der Waals surface area contributed by atoms with Crippen molar-refractivity contribution in [2.24, 2.45) is 11.8 Å². The Morgan fingerprint density at radius 3 is 2.72 bits per heavy atom. The van der Waals surface area contributed by atoms with E-state index in [4.69, 9.17) is 9.84 Å². The Morgan fingerprint density at radius 2 is 2.00 bits per heavy atom. The molecule has 2 aliphatic heterocycles. The van der Waals surface area contributed by atoms with Crippen molar-refractivity contribution in [2.45, 2.75) is 37.5 Å². The van der Waals surface area contributed by atoms with E-state index >= 15 is 0 Å². The summed E-state index contributed by atoms with van der Waals surface area (Å²) in [6, 6.07) is 8.26. The number of allylic oxidation sites excluding steroid dienone is 1. The zero-order valence-corrected chi connectivity index (χ0v) is 14.3. The van der Waals surface area contributed by atoms with E-state index in [1.807, 2.05) is 18.2 Å². The van der Waals surface area contributed by atoms with Crippen molar-refractivity contribution in [3.05, 3.63) is 42.0 Å². The van der Waals surface area contributed by atoms with Crippen molar-refractivity contribution >= 4 is 11.5 Å². The molecule has 2 fully saturated rings. The third-order valence-electron chi connectivity index (χ3n) is 6.00. The van der Waals surface area contributed by atoms with E-state index < -0.39 is 5.60 Å². The van der Waals surface area contributed by atoms with Gasteiger partial charge in [0, 0.05) is 50.1 Å². The van der Waals surface area contributed by atoms with E-state index in [9.17, 15) is 9.90 Å². The molecule has 0 radical (unpaired) electrons.